The summed E-state index contributed by atoms with van der Waals surface area (Å²) in [5, 5.41) is 8.80. The molecular formula is C28H36FN7O4. The van der Waals surface area contributed by atoms with Gasteiger partial charge in [0.15, 0.2) is 0 Å². The third kappa shape index (κ3) is 7.25. The van der Waals surface area contributed by atoms with Gasteiger partial charge in [-0.3, -0.25) is 14.6 Å². The Morgan fingerprint density at radius 2 is 2.02 bits per heavy atom. The molecule has 1 saturated heterocycles. The van der Waals surface area contributed by atoms with E-state index < -0.39 is 11.7 Å². The van der Waals surface area contributed by atoms with Gasteiger partial charge in [-0.15, -0.1) is 0 Å². The van der Waals surface area contributed by atoms with Crippen molar-refractivity contribution in [2.45, 2.75) is 44.7 Å². The first kappa shape index (κ1) is 30.3. The third-order valence-electron chi connectivity index (χ3n) is 6.55. The number of aryl methyl sites for hydroxylation is 1. The van der Waals surface area contributed by atoms with Gasteiger partial charge in [0.2, 0.25) is 5.91 Å². The number of aliphatic hydroxyl groups excluding tert-OH is 1. The number of nitrogens with zero attached hydrogens (tertiary/aromatic N) is 4. The number of primary amides is 1. The van der Waals surface area contributed by atoms with E-state index in [1.807, 2.05) is 16.4 Å². The number of hydrogen-bond donors (Lipinski definition) is 4. The summed E-state index contributed by atoms with van der Waals surface area (Å²) in [4.78, 5) is 33.0. The van der Waals surface area contributed by atoms with Crippen LogP contribution >= 0.6 is 0 Å². The fraction of sp³-hybridized carbons (Fsp3) is 0.429. The van der Waals surface area contributed by atoms with Crippen LogP contribution in [0.15, 0.2) is 41.1 Å². The van der Waals surface area contributed by atoms with E-state index >= 15 is 0 Å². The standard InChI is InChI=1S/C19H21FN6O2.C9H15NO2/c1-10-25-15-8-11(13(20)9-16(15)26(10)12-3-4-12)2-5-14(21)17(19(23)28)18(22)24-6-7-27;1-3-9(11)10-6-4-5-8(10)7-12-2/h8-9,12,27H,3-4,6-7,21H2,1H3,(H2,22,24)(H2,23,28);3,8H,1,4-7H2,2H3/b17-14+;. The Morgan fingerprint density at radius 1 is 1.30 bits per heavy atom. The minimum atomic E-state index is -0.916. The first-order chi connectivity index (χ1) is 19.1. The molecule has 2 aliphatic rings. The van der Waals surface area contributed by atoms with Crippen LogP contribution in [0.3, 0.4) is 0 Å². The lowest BCUT2D eigenvalue weighted by molar-refractivity contribution is -0.127. The van der Waals surface area contributed by atoms with Crippen molar-refractivity contribution in [2.24, 2.45) is 22.2 Å². The fourth-order valence-corrected chi connectivity index (χ4v) is 4.58. The van der Waals surface area contributed by atoms with E-state index in [0.29, 0.717) is 18.2 Å². The van der Waals surface area contributed by atoms with Crippen molar-refractivity contribution in [2.75, 3.05) is 33.4 Å². The van der Waals surface area contributed by atoms with E-state index in [1.165, 1.54) is 12.1 Å². The Morgan fingerprint density at radius 3 is 2.62 bits per heavy atom. The van der Waals surface area contributed by atoms with Crippen molar-refractivity contribution in [3.8, 4) is 11.8 Å². The maximum atomic E-state index is 14.6. The molecule has 1 aliphatic heterocycles. The number of aliphatic imine (C=N–C) groups is 1. The maximum Gasteiger partial charge on any atom is 0.255 e. The second-order valence-electron chi connectivity index (χ2n) is 9.46. The zero-order valence-corrected chi connectivity index (χ0v) is 22.8. The quantitative estimate of drug-likeness (QED) is 0.163. The predicted molar refractivity (Wildman–Crippen MR) is 150 cm³/mol. The number of halogens is 1. The van der Waals surface area contributed by atoms with Crippen LogP contribution in [0.1, 0.15) is 43.1 Å². The minimum absolute atomic E-state index is 0.0162. The van der Waals surface area contributed by atoms with Crippen molar-refractivity contribution in [3.63, 3.8) is 0 Å². The van der Waals surface area contributed by atoms with Crippen molar-refractivity contribution in [1.29, 1.82) is 0 Å². The number of ether oxygens (including phenoxy) is 1. The molecule has 2 heterocycles. The number of imidazole rings is 1. The van der Waals surface area contributed by atoms with Crippen LogP contribution in [0.4, 0.5) is 4.39 Å². The summed E-state index contributed by atoms with van der Waals surface area (Å²) >= 11 is 0. The van der Waals surface area contributed by atoms with Crippen LogP contribution < -0.4 is 17.2 Å². The van der Waals surface area contributed by atoms with E-state index in [4.69, 9.17) is 27.0 Å². The first-order valence-corrected chi connectivity index (χ1v) is 13.0. The Labute approximate surface area is 232 Å². The SMILES string of the molecule is C=CC(=O)N1CCCC1COC.Cc1nc2cc(C#C/C(N)=C(\C(N)=O)C(N)=NCCO)c(F)cc2n1C1CC1. The number of nitrogens with two attached hydrogens (primary N) is 3. The lowest BCUT2D eigenvalue weighted by atomic mass is 10.1. The molecule has 1 saturated carbocycles. The zero-order chi connectivity index (χ0) is 29.4. The lowest BCUT2D eigenvalue weighted by Gasteiger charge is -2.22. The van der Waals surface area contributed by atoms with Crippen molar-refractivity contribution in [1.82, 2.24) is 14.5 Å². The van der Waals surface area contributed by atoms with Gasteiger partial charge in [0.25, 0.3) is 5.91 Å². The molecule has 0 spiro atoms. The number of carbonyl (C=O) groups excluding carboxylic acids is 2. The average Bonchev–Trinajstić information content (AvgIpc) is 3.55. The molecule has 40 heavy (non-hydrogen) atoms. The van der Waals surface area contributed by atoms with Gasteiger partial charge in [0.1, 0.15) is 23.1 Å². The van der Waals surface area contributed by atoms with Gasteiger partial charge in [-0.25, -0.2) is 9.37 Å². The molecule has 12 heteroatoms. The molecule has 11 nitrogen and oxygen atoms in total. The highest BCUT2D eigenvalue weighted by molar-refractivity contribution is 6.20. The molecule has 0 bridgehead atoms. The lowest BCUT2D eigenvalue weighted by Crippen LogP contribution is -2.36. The molecule has 2 amide bonds. The maximum absolute atomic E-state index is 14.6. The van der Waals surface area contributed by atoms with Gasteiger partial charge in [0.05, 0.1) is 48.1 Å². The number of hydrogen-bond acceptors (Lipinski definition) is 7. The largest absolute Gasteiger partial charge is 0.394 e. The van der Waals surface area contributed by atoms with E-state index in [9.17, 15) is 14.0 Å². The first-order valence-electron chi connectivity index (χ1n) is 13.0. The number of fused-ring (bicyclic) bond motifs is 1. The molecule has 1 aliphatic carbocycles. The second-order valence-corrected chi connectivity index (χ2v) is 9.46. The van der Waals surface area contributed by atoms with E-state index in [1.54, 1.807) is 13.2 Å². The van der Waals surface area contributed by atoms with Crippen LogP contribution in [0.5, 0.6) is 0 Å². The zero-order valence-electron chi connectivity index (χ0n) is 22.8. The molecule has 2 aromatic rings. The van der Waals surface area contributed by atoms with Crippen LogP contribution in [-0.2, 0) is 14.3 Å². The van der Waals surface area contributed by atoms with Crippen molar-refractivity contribution in [3.05, 3.63) is 53.3 Å². The number of aliphatic hydroxyl groups is 1. The smallest absolute Gasteiger partial charge is 0.255 e. The summed E-state index contributed by atoms with van der Waals surface area (Å²) < 4.78 is 21.6. The molecule has 214 valence electrons. The Bertz CT molecular complexity index is 1400. The monoisotopic (exact) mass is 553 g/mol. The summed E-state index contributed by atoms with van der Waals surface area (Å²) in [6.45, 7) is 6.57. The number of methoxy groups -OCH3 is 1. The number of carbonyl (C=O) groups is 2. The highest BCUT2D eigenvalue weighted by Gasteiger charge is 2.28. The van der Waals surface area contributed by atoms with Crippen LogP contribution in [0, 0.1) is 24.6 Å². The summed E-state index contributed by atoms with van der Waals surface area (Å²) in [6.07, 6.45) is 5.62. The summed E-state index contributed by atoms with van der Waals surface area (Å²) in [5.41, 5.74) is 17.7. The number of rotatable bonds is 8. The molecule has 1 unspecified atom stereocenters. The Kier molecular flexibility index (Phi) is 10.4. The molecule has 1 atom stereocenters. The average molecular weight is 554 g/mol. The second kappa shape index (κ2) is 13.7. The van der Waals surface area contributed by atoms with Crippen molar-refractivity contribution >= 4 is 28.7 Å². The number of amides is 2. The number of likely N-dealkylation sites (tertiary alicyclic amines) is 1. The molecular weight excluding hydrogens is 517 g/mol. The van der Waals surface area contributed by atoms with Crippen LogP contribution in [0.25, 0.3) is 11.0 Å². The topological polar surface area (TPSA) is 175 Å². The van der Waals surface area contributed by atoms with Crippen molar-refractivity contribution < 1.29 is 23.8 Å². The predicted octanol–water partition coefficient (Wildman–Crippen LogP) is 1.03. The summed E-state index contributed by atoms with van der Waals surface area (Å²) in [7, 11) is 1.66. The van der Waals surface area contributed by atoms with Gasteiger partial charge in [-0.05, 0) is 50.7 Å². The molecule has 0 radical (unpaired) electrons. The van der Waals surface area contributed by atoms with Gasteiger partial charge in [-0.1, -0.05) is 12.5 Å². The molecule has 1 aromatic heterocycles. The summed E-state index contributed by atoms with van der Waals surface area (Å²) in [6, 6.07) is 3.59. The number of allylic oxidation sites excluding steroid dienone is 1. The third-order valence-corrected chi connectivity index (χ3v) is 6.55. The Balaban J connectivity index is 0.000000307. The van der Waals surface area contributed by atoms with Gasteiger partial charge in [0, 0.05) is 25.8 Å². The molecule has 1 aromatic carbocycles. The fourth-order valence-electron chi connectivity index (χ4n) is 4.58. The number of amidine groups is 1. The van der Waals surface area contributed by atoms with E-state index in [0.717, 1.165) is 43.6 Å². The highest BCUT2D eigenvalue weighted by atomic mass is 19.1. The molecule has 7 N–H and O–H groups in total. The van der Waals surface area contributed by atoms with Crippen LogP contribution in [0.2, 0.25) is 0 Å². The summed E-state index contributed by atoms with van der Waals surface area (Å²) in [5.74, 6) is 4.29. The highest BCUT2D eigenvalue weighted by Crippen LogP contribution is 2.38. The Hall–Kier alpha value is -4.21. The van der Waals surface area contributed by atoms with Gasteiger partial charge >= 0.3 is 0 Å². The van der Waals surface area contributed by atoms with Gasteiger partial charge in [-0.2, -0.15) is 0 Å². The molecule has 2 fully saturated rings. The van der Waals surface area contributed by atoms with Gasteiger partial charge < -0.3 is 36.5 Å². The normalized spacial score (nSPS) is 17.4. The molecule has 4 rings (SSSR count). The van der Waals surface area contributed by atoms with Crippen LogP contribution in [-0.4, -0.2) is 76.7 Å². The van der Waals surface area contributed by atoms with E-state index in [-0.39, 0.29) is 47.8 Å². The minimum Gasteiger partial charge on any atom is -0.394 e. The number of benzene rings is 1. The van der Waals surface area contributed by atoms with E-state index in [2.05, 4.69) is 28.4 Å². The number of aromatic nitrogens is 2.